The second-order valence-corrected chi connectivity index (χ2v) is 5.28. The Labute approximate surface area is 114 Å². The summed E-state index contributed by atoms with van der Waals surface area (Å²) in [5, 5.41) is 1.22. The molecule has 6 heteroatoms. The molecule has 1 unspecified atom stereocenters. The van der Waals surface area contributed by atoms with Gasteiger partial charge < -0.3 is 10.6 Å². The van der Waals surface area contributed by atoms with E-state index in [-0.39, 0.29) is 11.8 Å². The third-order valence-corrected chi connectivity index (χ3v) is 3.58. The van der Waals surface area contributed by atoms with Gasteiger partial charge in [-0.3, -0.25) is 4.79 Å². The zero-order chi connectivity index (χ0) is 12.6. The van der Waals surface area contributed by atoms with Crippen molar-refractivity contribution in [2.45, 2.75) is 6.42 Å². The number of amides is 1. The van der Waals surface area contributed by atoms with Gasteiger partial charge in [0.1, 0.15) is 0 Å². The molecule has 1 aliphatic heterocycles. The monoisotopic (exact) mass is 292 g/mol. The van der Waals surface area contributed by atoms with E-state index >= 15 is 0 Å². The summed E-state index contributed by atoms with van der Waals surface area (Å²) in [6.07, 6.45) is 0.436. The van der Waals surface area contributed by atoms with Crippen LogP contribution < -0.4 is 10.6 Å². The van der Waals surface area contributed by atoms with Crippen molar-refractivity contribution in [1.82, 2.24) is 0 Å². The zero-order valence-corrected chi connectivity index (χ0v) is 11.2. The molecule has 0 aliphatic carbocycles. The normalized spacial score (nSPS) is 20.1. The van der Waals surface area contributed by atoms with Crippen LogP contribution >= 0.6 is 34.8 Å². The van der Waals surface area contributed by atoms with Crippen LogP contribution in [0.1, 0.15) is 6.42 Å². The minimum Gasteiger partial charge on any atom is -0.330 e. The maximum absolute atomic E-state index is 11.9. The fourth-order valence-corrected chi connectivity index (χ4v) is 2.97. The summed E-state index contributed by atoms with van der Waals surface area (Å²) in [5.41, 5.74) is 6.10. The lowest BCUT2D eigenvalue weighted by Crippen LogP contribution is -2.26. The van der Waals surface area contributed by atoms with E-state index in [9.17, 15) is 4.79 Å². The number of hydrogen-bond acceptors (Lipinski definition) is 2. The molecule has 0 radical (unpaired) electrons. The third-order valence-electron chi connectivity index (χ3n) is 2.79. The van der Waals surface area contributed by atoms with E-state index in [2.05, 4.69) is 0 Å². The van der Waals surface area contributed by atoms with Crippen molar-refractivity contribution in [2.75, 3.05) is 18.0 Å². The molecule has 17 heavy (non-hydrogen) atoms. The second kappa shape index (κ2) is 5.02. The molecular weight excluding hydrogens is 282 g/mol. The van der Waals surface area contributed by atoms with Gasteiger partial charge in [-0.1, -0.05) is 34.8 Å². The van der Waals surface area contributed by atoms with Gasteiger partial charge in [0.05, 0.1) is 15.7 Å². The summed E-state index contributed by atoms with van der Waals surface area (Å²) in [6, 6.07) is 3.15. The summed E-state index contributed by atoms with van der Waals surface area (Å²) in [7, 11) is 0. The van der Waals surface area contributed by atoms with Crippen LogP contribution in [0, 0.1) is 5.92 Å². The van der Waals surface area contributed by atoms with Gasteiger partial charge in [0.2, 0.25) is 5.91 Å². The van der Waals surface area contributed by atoms with E-state index in [1.165, 1.54) is 0 Å². The lowest BCUT2D eigenvalue weighted by atomic mass is 10.1. The molecule has 1 saturated heterocycles. The third kappa shape index (κ3) is 2.52. The maximum atomic E-state index is 11.9. The number of carbonyl (C=O) groups is 1. The second-order valence-electron chi connectivity index (χ2n) is 4.03. The van der Waals surface area contributed by atoms with Gasteiger partial charge in [0.25, 0.3) is 0 Å². The van der Waals surface area contributed by atoms with Gasteiger partial charge in [0.15, 0.2) is 0 Å². The topological polar surface area (TPSA) is 46.3 Å². The molecule has 1 aromatic rings. The Morgan fingerprint density at radius 3 is 2.35 bits per heavy atom. The Morgan fingerprint density at radius 1 is 1.29 bits per heavy atom. The first-order chi connectivity index (χ1) is 8.02. The van der Waals surface area contributed by atoms with Crippen LogP contribution in [0.25, 0.3) is 0 Å². The Hall–Kier alpha value is -0.480. The molecule has 0 aromatic heterocycles. The van der Waals surface area contributed by atoms with E-state index < -0.39 is 0 Å². The van der Waals surface area contributed by atoms with Crippen molar-refractivity contribution in [1.29, 1.82) is 0 Å². The van der Waals surface area contributed by atoms with Crippen LogP contribution in [0.3, 0.4) is 0 Å². The smallest absolute Gasteiger partial charge is 0.227 e. The van der Waals surface area contributed by atoms with Crippen LogP contribution in [0.15, 0.2) is 12.1 Å². The molecule has 2 N–H and O–H groups in total. The summed E-state index contributed by atoms with van der Waals surface area (Å²) >= 11 is 18.0. The molecule has 1 aliphatic rings. The predicted octanol–water partition coefficient (Wildman–Crippen LogP) is 2.96. The van der Waals surface area contributed by atoms with Crippen LogP contribution in [0.4, 0.5) is 5.69 Å². The highest BCUT2D eigenvalue weighted by Crippen LogP contribution is 2.39. The van der Waals surface area contributed by atoms with Crippen molar-refractivity contribution >= 4 is 46.4 Å². The SMILES string of the molecule is NCC1CC(=O)N(c2c(Cl)cc(Cl)cc2Cl)C1. The fraction of sp³-hybridized carbons (Fsp3) is 0.364. The first kappa shape index (κ1) is 13.0. The van der Waals surface area contributed by atoms with Gasteiger partial charge in [0, 0.05) is 18.0 Å². The lowest BCUT2D eigenvalue weighted by Gasteiger charge is -2.19. The number of rotatable bonds is 2. The van der Waals surface area contributed by atoms with E-state index in [1.54, 1.807) is 17.0 Å². The van der Waals surface area contributed by atoms with E-state index in [4.69, 9.17) is 40.5 Å². The van der Waals surface area contributed by atoms with Crippen molar-refractivity contribution in [3.8, 4) is 0 Å². The number of carbonyl (C=O) groups excluding carboxylic acids is 1. The van der Waals surface area contributed by atoms with Crippen molar-refractivity contribution in [3.05, 3.63) is 27.2 Å². The standard InChI is InChI=1S/C11H11Cl3N2O/c12-7-2-8(13)11(9(14)3-7)16-5-6(4-15)1-10(16)17/h2-3,6H,1,4-5,15H2. The fourth-order valence-electron chi connectivity index (χ4n) is 1.95. The van der Waals surface area contributed by atoms with Crippen molar-refractivity contribution < 1.29 is 4.79 Å². The number of halogens is 3. The summed E-state index contributed by atoms with van der Waals surface area (Å²) < 4.78 is 0. The first-order valence-electron chi connectivity index (χ1n) is 5.18. The summed E-state index contributed by atoms with van der Waals surface area (Å²) in [5.74, 6) is 0.150. The molecule has 0 spiro atoms. The zero-order valence-electron chi connectivity index (χ0n) is 8.92. The predicted molar refractivity (Wildman–Crippen MR) is 71.0 cm³/mol. The van der Waals surface area contributed by atoms with E-state index in [0.29, 0.717) is 40.3 Å². The van der Waals surface area contributed by atoms with Gasteiger partial charge in [-0.2, -0.15) is 0 Å². The molecule has 1 atom stereocenters. The van der Waals surface area contributed by atoms with E-state index in [0.717, 1.165) is 0 Å². The van der Waals surface area contributed by atoms with Crippen molar-refractivity contribution in [2.24, 2.45) is 11.7 Å². The molecule has 0 saturated carbocycles. The minimum absolute atomic E-state index is 0.00780. The quantitative estimate of drug-likeness (QED) is 0.911. The minimum atomic E-state index is -0.00780. The van der Waals surface area contributed by atoms with Crippen molar-refractivity contribution in [3.63, 3.8) is 0 Å². The summed E-state index contributed by atoms with van der Waals surface area (Å²) in [4.78, 5) is 13.4. The average molecular weight is 294 g/mol. The van der Waals surface area contributed by atoms with Crippen LogP contribution in [-0.4, -0.2) is 19.0 Å². The molecule has 1 aromatic carbocycles. The molecule has 3 nitrogen and oxygen atoms in total. The number of anilines is 1. The number of benzene rings is 1. The van der Waals surface area contributed by atoms with Gasteiger partial charge in [-0.25, -0.2) is 0 Å². The number of nitrogens with zero attached hydrogens (tertiary/aromatic N) is 1. The molecule has 1 fully saturated rings. The molecule has 92 valence electrons. The Morgan fingerprint density at radius 2 is 1.88 bits per heavy atom. The highest BCUT2D eigenvalue weighted by molar-refractivity contribution is 6.42. The number of hydrogen-bond donors (Lipinski definition) is 1. The Kier molecular flexibility index (Phi) is 3.83. The highest BCUT2D eigenvalue weighted by atomic mass is 35.5. The van der Waals surface area contributed by atoms with Crippen LogP contribution in [0.5, 0.6) is 0 Å². The molecule has 1 amide bonds. The molecule has 0 bridgehead atoms. The lowest BCUT2D eigenvalue weighted by molar-refractivity contribution is -0.117. The molecule has 1 heterocycles. The highest BCUT2D eigenvalue weighted by Gasteiger charge is 2.32. The summed E-state index contributed by atoms with van der Waals surface area (Å²) in [6.45, 7) is 1.03. The maximum Gasteiger partial charge on any atom is 0.227 e. The Bertz CT molecular complexity index is 441. The average Bonchev–Trinajstić information content (AvgIpc) is 2.59. The van der Waals surface area contributed by atoms with Gasteiger partial charge in [-0.05, 0) is 24.6 Å². The van der Waals surface area contributed by atoms with Crippen LogP contribution in [0.2, 0.25) is 15.1 Å². The molecular formula is C11H11Cl3N2O. The van der Waals surface area contributed by atoms with Gasteiger partial charge >= 0.3 is 0 Å². The number of nitrogens with two attached hydrogens (primary N) is 1. The van der Waals surface area contributed by atoms with E-state index in [1.807, 2.05) is 0 Å². The Balaban J connectivity index is 2.38. The molecule has 2 rings (SSSR count). The first-order valence-corrected chi connectivity index (χ1v) is 6.31. The van der Waals surface area contributed by atoms with Crippen LogP contribution in [-0.2, 0) is 4.79 Å². The van der Waals surface area contributed by atoms with Gasteiger partial charge in [-0.15, -0.1) is 0 Å². The largest absolute Gasteiger partial charge is 0.330 e.